The number of aryl methyl sites for hydroxylation is 2. The van der Waals surface area contributed by atoms with E-state index in [1.54, 1.807) is 22.5 Å². The number of nitrogens with zero attached hydrogens (tertiary/aromatic N) is 3. The van der Waals surface area contributed by atoms with Crippen LogP contribution < -0.4 is 4.74 Å². The lowest BCUT2D eigenvalue weighted by molar-refractivity contribution is 0.266. The van der Waals surface area contributed by atoms with E-state index in [0.717, 1.165) is 34.0 Å². The molecule has 164 valence electrons. The molecule has 7 heteroatoms. The van der Waals surface area contributed by atoms with Crippen molar-refractivity contribution in [2.24, 2.45) is 4.99 Å². The standard InChI is InChI=1S/C25H25N3O3S/c1-18-6-5-7-20(16-18)32(29,30)28-14-12-27(13-15-28)25-21-17-19(2)10-11-23(21)31-24-9-4-3-8-22(24)26-25/h3-11,16-17H,12-15H2,1-2H3. The molecule has 0 bridgehead atoms. The van der Waals surface area contributed by atoms with Crippen molar-refractivity contribution in [1.82, 2.24) is 9.21 Å². The van der Waals surface area contributed by atoms with Crippen molar-refractivity contribution in [2.75, 3.05) is 26.2 Å². The number of piperazine rings is 1. The van der Waals surface area contributed by atoms with E-state index in [1.807, 2.05) is 56.3 Å². The molecule has 0 atom stereocenters. The SMILES string of the molecule is Cc1cccc(S(=O)(=O)N2CCN(C3=Nc4ccccc4Oc4ccc(C)cc43)CC2)c1. The van der Waals surface area contributed by atoms with Crippen LogP contribution in [0, 0.1) is 13.8 Å². The number of aliphatic imine (C=N–C) groups is 1. The first-order chi connectivity index (χ1) is 15.4. The number of hydrogen-bond donors (Lipinski definition) is 0. The van der Waals surface area contributed by atoms with E-state index < -0.39 is 10.0 Å². The third-order valence-electron chi connectivity index (χ3n) is 5.85. The summed E-state index contributed by atoms with van der Waals surface area (Å²) in [5, 5.41) is 0. The van der Waals surface area contributed by atoms with Crippen molar-refractivity contribution in [1.29, 1.82) is 0 Å². The van der Waals surface area contributed by atoms with Gasteiger partial charge in [-0.3, -0.25) is 0 Å². The smallest absolute Gasteiger partial charge is 0.243 e. The maximum atomic E-state index is 13.1. The maximum Gasteiger partial charge on any atom is 0.243 e. The number of amidine groups is 1. The number of sulfonamides is 1. The molecule has 2 heterocycles. The van der Waals surface area contributed by atoms with Gasteiger partial charge in [-0.05, 0) is 55.8 Å². The second kappa shape index (κ2) is 8.07. The second-order valence-corrected chi connectivity index (χ2v) is 10.2. The third kappa shape index (κ3) is 3.78. The minimum atomic E-state index is -3.52. The molecule has 0 spiro atoms. The molecule has 0 aliphatic carbocycles. The van der Waals surface area contributed by atoms with Crippen LogP contribution in [0.15, 0.2) is 76.6 Å². The molecule has 3 aromatic rings. The average molecular weight is 448 g/mol. The molecular weight excluding hydrogens is 422 g/mol. The molecule has 0 saturated carbocycles. The Morgan fingerprint density at radius 3 is 2.34 bits per heavy atom. The molecule has 2 aliphatic heterocycles. The van der Waals surface area contributed by atoms with E-state index in [-0.39, 0.29) is 0 Å². The van der Waals surface area contributed by atoms with E-state index in [9.17, 15) is 8.42 Å². The van der Waals surface area contributed by atoms with Gasteiger partial charge in [0, 0.05) is 26.2 Å². The van der Waals surface area contributed by atoms with E-state index in [1.165, 1.54) is 0 Å². The van der Waals surface area contributed by atoms with Crippen molar-refractivity contribution in [3.05, 3.63) is 83.4 Å². The van der Waals surface area contributed by atoms with Crippen LogP contribution in [0.4, 0.5) is 5.69 Å². The fraction of sp³-hybridized carbons (Fsp3) is 0.240. The van der Waals surface area contributed by atoms with E-state index >= 15 is 0 Å². The average Bonchev–Trinajstić information content (AvgIpc) is 2.96. The Balaban J connectivity index is 1.45. The molecule has 0 radical (unpaired) electrons. The van der Waals surface area contributed by atoms with Crippen LogP contribution >= 0.6 is 0 Å². The van der Waals surface area contributed by atoms with Crippen LogP contribution in [0.5, 0.6) is 11.5 Å². The Morgan fingerprint density at radius 2 is 1.56 bits per heavy atom. The summed E-state index contributed by atoms with van der Waals surface area (Å²) in [4.78, 5) is 7.46. The molecule has 0 aromatic heterocycles. The fourth-order valence-electron chi connectivity index (χ4n) is 4.14. The van der Waals surface area contributed by atoms with Crippen molar-refractivity contribution in [3.63, 3.8) is 0 Å². The summed E-state index contributed by atoms with van der Waals surface area (Å²) in [5.74, 6) is 2.30. The lowest BCUT2D eigenvalue weighted by atomic mass is 10.1. The summed E-state index contributed by atoms with van der Waals surface area (Å²) in [6.07, 6.45) is 0. The second-order valence-electron chi connectivity index (χ2n) is 8.21. The number of rotatable bonds is 2. The highest BCUT2D eigenvalue weighted by Gasteiger charge is 2.31. The highest BCUT2D eigenvalue weighted by Crippen LogP contribution is 2.38. The summed E-state index contributed by atoms with van der Waals surface area (Å²) in [7, 11) is -3.52. The molecule has 0 unspecified atom stereocenters. The summed E-state index contributed by atoms with van der Waals surface area (Å²) < 4.78 is 34.0. The number of ether oxygens (including phenoxy) is 1. The summed E-state index contributed by atoms with van der Waals surface area (Å²) in [5.41, 5.74) is 3.75. The van der Waals surface area contributed by atoms with Crippen molar-refractivity contribution in [2.45, 2.75) is 18.7 Å². The zero-order valence-electron chi connectivity index (χ0n) is 18.2. The van der Waals surface area contributed by atoms with Crippen LogP contribution in [0.1, 0.15) is 16.7 Å². The number of fused-ring (bicyclic) bond motifs is 2. The number of hydrogen-bond acceptors (Lipinski definition) is 5. The Morgan fingerprint density at radius 1 is 0.812 bits per heavy atom. The minimum Gasteiger partial charge on any atom is -0.454 e. The molecule has 1 saturated heterocycles. The predicted molar refractivity (Wildman–Crippen MR) is 125 cm³/mol. The molecule has 1 fully saturated rings. The number of para-hydroxylation sites is 2. The zero-order chi connectivity index (χ0) is 22.3. The summed E-state index contributed by atoms with van der Waals surface area (Å²) in [6, 6.07) is 20.9. The van der Waals surface area contributed by atoms with Gasteiger partial charge in [0.05, 0.1) is 10.5 Å². The summed E-state index contributed by atoms with van der Waals surface area (Å²) in [6.45, 7) is 5.86. The number of benzene rings is 3. The highest BCUT2D eigenvalue weighted by atomic mass is 32.2. The Labute approximate surface area is 188 Å². The zero-order valence-corrected chi connectivity index (χ0v) is 19.0. The minimum absolute atomic E-state index is 0.348. The molecule has 3 aromatic carbocycles. The molecule has 32 heavy (non-hydrogen) atoms. The molecule has 0 N–H and O–H groups in total. The van der Waals surface area contributed by atoms with Crippen LogP contribution in [-0.4, -0.2) is 49.6 Å². The van der Waals surface area contributed by atoms with Gasteiger partial charge in [0.15, 0.2) is 5.75 Å². The Bertz CT molecular complexity index is 1310. The predicted octanol–water partition coefficient (Wildman–Crippen LogP) is 4.49. The first-order valence-electron chi connectivity index (χ1n) is 10.7. The Hall–Kier alpha value is -3.16. The molecule has 5 rings (SSSR count). The Kier molecular flexibility index (Phi) is 5.23. The largest absolute Gasteiger partial charge is 0.454 e. The van der Waals surface area contributed by atoms with Crippen LogP contribution in [-0.2, 0) is 10.0 Å². The van der Waals surface area contributed by atoms with E-state index in [4.69, 9.17) is 9.73 Å². The van der Waals surface area contributed by atoms with Gasteiger partial charge in [0.25, 0.3) is 0 Å². The van der Waals surface area contributed by atoms with Crippen LogP contribution in [0.2, 0.25) is 0 Å². The van der Waals surface area contributed by atoms with Gasteiger partial charge >= 0.3 is 0 Å². The van der Waals surface area contributed by atoms with Gasteiger partial charge in [-0.1, -0.05) is 35.9 Å². The van der Waals surface area contributed by atoms with E-state index in [2.05, 4.69) is 11.0 Å². The van der Waals surface area contributed by atoms with Gasteiger partial charge in [0.2, 0.25) is 10.0 Å². The molecule has 2 aliphatic rings. The lowest BCUT2D eigenvalue weighted by Gasteiger charge is -2.36. The van der Waals surface area contributed by atoms with Crippen LogP contribution in [0.25, 0.3) is 0 Å². The van der Waals surface area contributed by atoms with Gasteiger partial charge in [-0.2, -0.15) is 4.31 Å². The highest BCUT2D eigenvalue weighted by molar-refractivity contribution is 7.89. The van der Waals surface area contributed by atoms with Gasteiger partial charge in [0.1, 0.15) is 17.3 Å². The van der Waals surface area contributed by atoms with E-state index in [0.29, 0.717) is 36.8 Å². The van der Waals surface area contributed by atoms with Gasteiger partial charge < -0.3 is 9.64 Å². The maximum absolute atomic E-state index is 13.1. The molecule has 6 nitrogen and oxygen atoms in total. The monoisotopic (exact) mass is 447 g/mol. The van der Waals surface area contributed by atoms with Gasteiger partial charge in [-0.25, -0.2) is 13.4 Å². The third-order valence-corrected chi connectivity index (χ3v) is 7.75. The molecular formula is C25H25N3O3S. The topological polar surface area (TPSA) is 62.2 Å². The quantitative estimate of drug-likeness (QED) is 0.581. The van der Waals surface area contributed by atoms with Crippen molar-refractivity contribution in [3.8, 4) is 11.5 Å². The summed E-state index contributed by atoms with van der Waals surface area (Å²) >= 11 is 0. The first kappa shape index (κ1) is 20.7. The van der Waals surface area contributed by atoms with Crippen LogP contribution in [0.3, 0.4) is 0 Å². The molecule has 0 amide bonds. The van der Waals surface area contributed by atoms with Crippen molar-refractivity contribution < 1.29 is 13.2 Å². The van der Waals surface area contributed by atoms with Gasteiger partial charge in [-0.15, -0.1) is 0 Å². The van der Waals surface area contributed by atoms with Crippen molar-refractivity contribution >= 4 is 21.5 Å². The fourth-order valence-corrected chi connectivity index (χ4v) is 5.67. The normalized spacial score (nSPS) is 16.4. The lowest BCUT2D eigenvalue weighted by Crippen LogP contribution is -2.50. The first-order valence-corrected chi connectivity index (χ1v) is 12.1.